The van der Waals surface area contributed by atoms with Gasteiger partial charge in [-0.2, -0.15) is 0 Å². The van der Waals surface area contributed by atoms with Crippen molar-refractivity contribution in [3.8, 4) is 11.6 Å². The van der Waals surface area contributed by atoms with Gasteiger partial charge >= 0.3 is 0 Å². The molecule has 3 heterocycles. The van der Waals surface area contributed by atoms with E-state index in [-0.39, 0.29) is 11.9 Å². The lowest BCUT2D eigenvalue weighted by molar-refractivity contribution is -0.121. The minimum Gasteiger partial charge on any atom is -0.437 e. The van der Waals surface area contributed by atoms with Gasteiger partial charge < -0.3 is 14.6 Å². The number of carbonyl (C=O) groups is 1. The molecule has 0 fully saturated rings. The normalized spacial score (nSPS) is 11.8. The summed E-state index contributed by atoms with van der Waals surface area (Å²) in [5.74, 6) is 1.02. The number of nitrogens with zero attached hydrogens (tertiary/aromatic N) is 4. The third-order valence-corrected chi connectivity index (χ3v) is 3.94. The van der Waals surface area contributed by atoms with Gasteiger partial charge in [0.2, 0.25) is 11.8 Å². The van der Waals surface area contributed by atoms with Crippen LogP contribution in [0, 0.1) is 6.92 Å². The molecule has 1 amide bonds. The van der Waals surface area contributed by atoms with Crippen LogP contribution in [-0.4, -0.2) is 25.4 Å². The Balaban J connectivity index is 1.59. The molecule has 7 heteroatoms. The maximum atomic E-state index is 12.2. The first-order valence-electron chi connectivity index (χ1n) is 8.40. The molecule has 134 valence electrons. The third kappa shape index (κ3) is 4.66. The van der Waals surface area contributed by atoms with Crippen LogP contribution in [-0.2, 0) is 11.3 Å². The Labute approximate surface area is 152 Å². The Morgan fingerprint density at radius 2 is 2.15 bits per heavy atom. The molecule has 1 atom stereocenters. The van der Waals surface area contributed by atoms with E-state index < -0.39 is 0 Å². The molecule has 0 spiro atoms. The van der Waals surface area contributed by atoms with Crippen LogP contribution in [0.1, 0.15) is 30.6 Å². The van der Waals surface area contributed by atoms with E-state index in [1.54, 1.807) is 24.9 Å². The zero-order chi connectivity index (χ0) is 18.4. The first-order chi connectivity index (χ1) is 12.6. The third-order valence-electron chi connectivity index (χ3n) is 3.94. The molecule has 0 unspecified atom stereocenters. The molecule has 26 heavy (non-hydrogen) atoms. The van der Waals surface area contributed by atoms with Crippen LogP contribution in [0.25, 0.3) is 0 Å². The van der Waals surface area contributed by atoms with Gasteiger partial charge in [0.15, 0.2) is 0 Å². The number of aryl methyl sites for hydroxylation is 1. The van der Waals surface area contributed by atoms with Gasteiger partial charge in [-0.15, -0.1) is 0 Å². The molecule has 0 aliphatic heterocycles. The molecule has 0 aromatic carbocycles. The van der Waals surface area contributed by atoms with E-state index >= 15 is 0 Å². The highest BCUT2D eigenvalue weighted by molar-refractivity contribution is 5.76. The summed E-state index contributed by atoms with van der Waals surface area (Å²) in [6, 6.07) is 7.45. The van der Waals surface area contributed by atoms with Gasteiger partial charge in [-0.3, -0.25) is 9.78 Å². The SMILES string of the molecule is Cc1ccc(Oc2ncccc2CNC(=O)C[C@@H](C)n2ccnc2)cn1. The fourth-order valence-electron chi connectivity index (χ4n) is 2.45. The van der Waals surface area contributed by atoms with Crippen LogP contribution < -0.4 is 10.1 Å². The quantitative estimate of drug-likeness (QED) is 0.707. The molecule has 3 aromatic rings. The largest absolute Gasteiger partial charge is 0.437 e. The van der Waals surface area contributed by atoms with E-state index in [2.05, 4.69) is 20.3 Å². The Bertz CT molecular complexity index is 847. The van der Waals surface area contributed by atoms with Crippen LogP contribution in [0.4, 0.5) is 0 Å². The molecule has 0 saturated carbocycles. The molecule has 7 nitrogen and oxygen atoms in total. The van der Waals surface area contributed by atoms with Crippen LogP contribution in [0.5, 0.6) is 11.6 Å². The van der Waals surface area contributed by atoms with Gasteiger partial charge in [0, 0.05) is 48.9 Å². The van der Waals surface area contributed by atoms with Crippen molar-refractivity contribution in [1.82, 2.24) is 24.8 Å². The summed E-state index contributed by atoms with van der Waals surface area (Å²) in [4.78, 5) is 24.7. The maximum Gasteiger partial charge on any atom is 0.224 e. The lowest BCUT2D eigenvalue weighted by Gasteiger charge is -2.14. The average Bonchev–Trinajstić information content (AvgIpc) is 3.18. The van der Waals surface area contributed by atoms with Crippen molar-refractivity contribution in [1.29, 1.82) is 0 Å². The number of hydrogen-bond acceptors (Lipinski definition) is 5. The standard InChI is InChI=1S/C19H21N5O2/c1-14-5-6-17(12-22-14)26-19-16(4-3-7-21-19)11-23-18(25)10-15(2)24-9-8-20-13-24/h3-9,12-13,15H,10-11H2,1-2H3,(H,23,25)/t15-/m1/s1. The van der Waals surface area contributed by atoms with Crippen molar-refractivity contribution in [3.05, 3.63) is 66.6 Å². The van der Waals surface area contributed by atoms with E-state index in [0.717, 1.165) is 11.3 Å². The monoisotopic (exact) mass is 351 g/mol. The summed E-state index contributed by atoms with van der Waals surface area (Å²) in [5, 5.41) is 2.92. The second-order valence-electron chi connectivity index (χ2n) is 6.04. The van der Waals surface area contributed by atoms with E-state index in [0.29, 0.717) is 24.6 Å². The molecular formula is C19H21N5O2. The predicted molar refractivity (Wildman–Crippen MR) is 96.7 cm³/mol. The van der Waals surface area contributed by atoms with Crippen molar-refractivity contribution in [2.75, 3.05) is 0 Å². The summed E-state index contributed by atoms with van der Waals surface area (Å²) < 4.78 is 7.70. The molecule has 0 bridgehead atoms. The van der Waals surface area contributed by atoms with Gasteiger partial charge in [0.25, 0.3) is 0 Å². The number of hydrogen-bond donors (Lipinski definition) is 1. The maximum absolute atomic E-state index is 12.2. The first-order valence-corrected chi connectivity index (χ1v) is 8.40. The second kappa shape index (κ2) is 8.24. The molecule has 0 aliphatic rings. The first kappa shape index (κ1) is 17.6. The van der Waals surface area contributed by atoms with Crippen LogP contribution in [0.15, 0.2) is 55.4 Å². The smallest absolute Gasteiger partial charge is 0.224 e. The Hall–Kier alpha value is -3.22. The summed E-state index contributed by atoms with van der Waals surface area (Å²) in [6.07, 6.45) is 8.94. The van der Waals surface area contributed by atoms with Crippen LogP contribution >= 0.6 is 0 Å². The highest BCUT2D eigenvalue weighted by atomic mass is 16.5. The lowest BCUT2D eigenvalue weighted by atomic mass is 10.2. The summed E-state index contributed by atoms with van der Waals surface area (Å²) in [6.45, 7) is 4.23. The van der Waals surface area contributed by atoms with Crippen molar-refractivity contribution in [3.63, 3.8) is 0 Å². The Kier molecular flexibility index (Phi) is 5.58. The number of pyridine rings is 2. The number of amides is 1. The second-order valence-corrected chi connectivity index (χ2v) is 6.04. The lowest BCUT2D eigenvalue weighted by Crippen LogP contribution is -2.25. The molecule has 3 aromatic heterocycles. The molecule has 0 radical (unpaired) electrons. The van der Waals surface area contributed by atoms with Crippen molar-refractivity contribution < 1.29 is 9.53 Å². The fourth-order valence-corrected chi connectivity index (χ4v) is 2.45. The molecule has 3 rings (SSSR count). The number of ether oxygens (including phenoxy) is 1. The summed E-state index contributed by atoms with van der Waals surface area (Å²) in [5.41, 5.74) is 1.72. The van der Waals surface area contributed by atoms with Gasteiger partial charge in [-0.1, -0.05) is 6.07 Å². The van der Waals surface area contributed by atoms with E-state index in [1.165, 1.54) is 0 Å². The number of rotatable bonds is 7. The Morgan fingerprint density at radius 3 is 2.88 bits per heavy atom. The zero-order valence-electron chi connectivity index (χ0n) is 14.8. The summed E-state index contributed by atoms with van der Waals surface area (Å²) >= 11 is 0. The van der Waals surface area contributed by atoms with Gasteiger partial charge in [-0.25, -0.2) is 9.97 Å². The van der Waals surface area contributed by atoms with E-state index in [9.17, 15) is 4.79 Å². The summed E-state index contributed by atoms with van der Waals surface area (Å²) in [7, 11) is 0. The predicted octanol–water partition coefficient (Wildman–Crippen LogP) is 3.04. The molecule has 1 N–H and O–H groups in total. The highest BCUT2D eigenvalue weighted by Gasteiger charge is 2.12. The molecule has 0 aliphatic carbocycles. The van der Waals surface area contributed by atoms with Crippen LogP contribution in [0.2, 0.25) is 0 Å². The van der Waals surface area contributed by atoms with Crippen molar-refractivity contribution in [2.45, 2.75) is 32.9 Å². The molecular weight excluding hydrogens is 330 g/mol. The number of aromatic nitrogens is 4. The van der Waals surface area contributed by atoms with Gasteiger partial charge in [0.05, 0.1) is 12.5 Å². The van der Waals surface area contributed by atoms with Crippen molar-refractivity contribution in [2.24, 2.45) is 0 Å². The minimum atomic E-state index is -0.0435. The van der Waals surface area contributed by atoms with E-state index in [4.69, 9.17) is 4.74 Å². The fraction of sp³-hybridized carbons (Fsp3) is 0.263. The van der Waals surface area contributed by atoms with Gasteiger partial charge in [0.1, 0.15) is 5.75 Å². The number of nitrogens with one attached hydrogen (secondary N) is 1. The minimum absolute atomic E-state index is 0.0424. The highest BCUT2D eigenvalue weighted by Crippen LogP contribution is 2.22. The van der Waals surface area contributed by atoms with Gasteiger partial charge in [-0.05, 0) is 32.0 Å². The van der Waals surface area contributed by atoms with Crippen molar-refractivity contribution >= 4 is 5.91 Å². The average molecular weight is 351 g/mol. The topological polar surface area (TPSA) is 81.9 Å². The zero-order valence-corrected chi connectivity index (χ0v) is 14.8. The number of carbonyl (C=O) groups excluding carboxylic acids is 1. The van der Waals surface area contributed by atoms with E-state index in [1.807, 2.05) is 48.9 Å². The Morgan fingerprint density at radius 1 is 1.27 bits per heavy atom. The van der Waals surface area contributed by atoms with Crippen LogP contribution in [0.3, 0.4) is 0 Å². The molecule has 0 saturated heterocycles. The number of imidazole rings is 1.